The van der Waals surface area contributed by atoms with Crippen molar-refractivity contribution in [2.24, 2.45) is 0 Å². The molecule has 4 nitrogen and oxygen atoms in total. The van der Waals surface area contributed by atoms with Gasteiger partial charge in [-0.1, -0.05) is 52.0 Å². The molecule has 0 spiro atoms. The fourth-order valence-electron chi connectivity index (χ4n) is 3.54. The van der Waals surface area contributed by atoms with Crippen molar-refractivity contribution in [3.8, 4) is 5.75 Å². The molecule has 0 radical (unpaired) electrons. The molecule has 1 aliphatic rings. The minimum atomic E-state index is -1.34. The third-order valence-electron chi connectivity index (χ3n) is 5.29. The Bertz CT molecular complexity index is 848. The van der Waals surface area contributed by atoms with Gasteiger partial charge in [0, 0.05) is 0 Å². The largest absolute Gasteiger partial charge is 0.511 e. The highest BCUT2D eigenvalue weighted by atomic mass is 16.7. The Balaban J connectivity index is 1.85. The van der Waals surface area contributed by atoms with E-state index in [4.69, 9.17) is 5.11 Å². The van der Waals surface area contributed by atoms with Crippen LogP contribution in [-0.4, -0.2) is 16.2 Å². The van der Waals surface area contributed by atoms with Crippen LogP contribution in [0.2, 0.25) is 0 Å². The molecule has 2 aromatic rings. The van der Waals surface area contributed by atoms with E-state index < -0.39 is 6.16 Å². The number of carboxylic acid groups (broad SMARTS) is 1. The Morgan fingerprint density at radius 3 is 2.35 bits per heavy atom. The summed E-state index contributed by atoms with van der Waals surface area (Å²) in [6.07, 6.45) is 6.43. The fraction of sp³-hybridized carbons (Fsp3) is 0.364. The van der Waals surface area contributed by atoms with E-state index in [-0.39, 0.29) is 16.6 Å². The van der Waals surface area contributed by atoms with Crippen LogP contribution in [0, 0.1) is 0 Å². The monoisotopic (exact) mass is 351 g/mol. The lowest BCUT2D eigenvalue weighted by molar-refractivity contribution is 0.144. The Morgan fingerprint density at radius 1 is 1.04 bits per heavy atom. The van der Waals surface area contributed by atoms with Gasteiger partial charge in [-0.15, -0.1) is 0 Å². The molecule has 1 aromatic heterocycles. The van der Waals surface area contributed by atoms with Crippen LogP contribution in [0.5, 0.6) is 5.75 Å². The molecule has 0 unspecified atom stereocenters. The summed E-state index contributed by atoms with van der Waals surface area (Å²) in [5.41, 5.74) is 5.16. The van der Waals surface area contributed by atoms with Crippen molar-refractivity contribution in [1.82, 2.24) is 4.98 Å². The number of nitrogens with zero attached hydrogens (tertiary/aromatic N) is 1. The van der Waals surface area contributed by atoms with Crippen LogP contribution in [0.15, 0.2) is 36.5 Å². The number of benzene rings is 1. The van der Waals surface area contributed by atoms with Gasteiger partial charge in [0.15, 0.2) is 5.75 Å². The van der Waals surface area contributed by atoms with E-state index in [1.807, 2.05) is 12.2 Å². The van der Waals surface area contributed by atoms with Crippen LogP contribution in [0.3, 0.4) is 0 Å². The summed E-state index contributed by atoms with van der Waals surface area (Å²) in [5.74, 6) is 0.215. The minimum Gasteiger partial charge on any atom is -0.449 e. The van der Waals surface area contributed by atoms with E-state index in [1.54, 1.807) is 12.1 Å². The highest BCUT2D eigenvalue weighted by Crippen LogP contribution is 2.45. The summed E-state index contributed by atoms with van der Waals surface area (Å²) in [6.45, 7) is 9.27. The molecule has 136 valence electrons. The average Bonchev–Trinajstić information content (AvgIpc) is 2.58. The third kappa shape index (κ3) is 3.79. The first kappa shape index (κ1) is 18.2. The number of ether oxygens (including phenoxy) is 1. The van der Waals surface area contributed by atoms with Crippen LogP contribution in [0.4, 0.5) is 4.79 Å². The zero-order valence-electron chi connectivity index (χ0n) is 15.7. The van der Waals surface area contributed by atoms with Crippen LogP contribution < -0.4 is 4.74 Å². The first-order valence-electron chi connectivity index (χ1n) is 8.87. The second-order valence-electron chi connectivity index (χ2n) is 8.19. The third-order valence-corrected chi connectivity index (χ3v) is 5.29. The SMILES string of the molecule is CC1(C)CCC(C)(C)c2cc(C=Cc3ccc(OC(=O)O)cn3)ccc21. The molecule has 1 aliphatic carbocycles. The van der Waals surface area contributed by atoms with Gasteiger partial charge in [-0.2, -0.15) is 0 Å². The van der Waals surface area contributed by atoms with Crippen molar-refractivity contribution in [3.63, 3.8) is 0 Å². The molecule has 0 saturated heterocycles. The summed E-state index contributed by atoms with van der Waals surface area (Å²) in [4.78, 5) is 14.7. The van der Waals surface area contributed by atoms with E-state index >= 15 is 0 Å². The molecular weight excluding hydrogens is 326 g/mol. The van der Waals surface area contributed by atoms with Gasteiger partial charge in [-0.3, -0.25) is 4.98 Å². The van der Waals surface area contributed by atoms with Gasteiger partial charge in [0.1, 0.15) is 0 Å². The molecule has 0 saturated carbocycles. The number of hydrogen-bond acceptors (Lipinski definition) is 3. The smallest absolute Gasteiger partial charge is 0.449 e. The summed E-state index contributed by atoms with van der Waals surface area (Å²) in [7, 11) is 0. The quantitative estimate of drug-likeness (QED) is 0.725. The lowest BCUT2D eigenvalue weighted by Crippen LogP contribution is -2.33. The Morgan fingerprint density at radius 2 is 1.73 bits per heavy atom. The van der Waals surface area contributed by atoms with Gasteiger partial charge in [0.05, 0.1) is 11.9 Å². The summed E-state index contributed by atoms with van der Waals surface area (Å²) in [6, 6.07) is 10.0. The maximum atomic E-state index is 10.5. The zero-order valence-corrected chi connectivity index (χ0v) is 15.7. The standard InChI is InChI=1S/C22H25NO3/c1-21(2)11-12-22(3,4)19-13-15(6-10-18(19)21)5-7-16-8-9-17(14-23-16)26-20(24)25/h5-10,13-14H,11-12H2,1-4H3,(H,24,25). The fourth-order valence-corrected chi connectivity index (χ4v) is 3.54. The first-order valence-corrected chi connectivity index (χ1v) is 8.87. The molecule has 1 aromatic carbocycles. The molecule has 0 amide bonds. The topological polar surface area (TPSA) is 59.4 Å². The lowest BCUT2D eigenvalue weighted by atomic mass is 9.63. The van der Waals surface area contributed by atoms with E-state index in [9.17, 15) is 4.79 Å². The highest BCUT2D eigenvalue weighted by molar-refractivity contribution is 5.69. The zero-order chi connectivity index (χ0) is 18.9. The van der Waals surface area contributed by atoms with E-state index in [1.165, 1.54) is 30.2 Å². The Labute approximate surface area is 154 Å². The second kappa shape index (κ2) is 6.60. The summed E-state index contributed by atoms with van der Waals surface area (Å²) < 4.78 is 4.57. The van der Waals surface area contributed by atoms with Crippen LogP contribution >= 0.6 is 0 Å². The molecule has 4 heteroatoms. The Kier molecular flexibility index (Phi) is 4.61. The normalized spacial score (nSPS) is 17.7. The predicted octanol–water partition coefficient (Wildman–Crippen LogP) is 5.66. The van der Waals surface area contributed by atoms with Crippen molar-refractivity contribution in [1.29, 1.82) is 0 Å². The average molecular weight is 351 g/mol. The van der Waals surface area contributed by atoms with Crippen molar-refractivity contribution < 1.29 is 14.6 Å². The lowest BCUT2D eigenvalue weighted by Gasteiger charge is -2.42. The van der Waals surface area contributed by atoms with E-state index in [0.717, 1.165) is 11.3 Å². The molecule has 0 atom stereocenters. The number of aromatic nitrogens is 1. The molecular formula is C22H25NO3. The van der Waals surface area contributed by atoms with Crippen molar-refractivity contribution >= 4 is 18.3 Å². The van der Waals surface area contributed by atoms with Crippen molar-refractivity contribution in [2.45, 2.75) is 51.4 Å². The first-order chi connectivity index (χ1) is 12.2. The molecule has 0 aliphatic heterocycles. The van der Waals surface area contributed by atoms with Crippen molar-refractivity contribution in [3.05, 3.63) is 58.9 Å². The van der Waals surface area contributed by atoms with Crippen LogP contribution in [0.25, 0.3) is 12.2 Å². The maximum Gasteiger partial charge on any atom is 0.511 e. The molecule has 0 bridgehead atoms. The van der Waals surface area contributed by atoms with Crippen LogP contribution in [-0.2, 0) is 10.8 Å². The van der Waals surface area contributed by atoms with E-state index in [2.05, 4.69) is 55.6 Å². The van der Waals surface area contributed by atoms with E-state index in [0.29, 0.717) is 0 Å². The van der Waals surface area contributed by atoms with Gasteiger partial charge in [0.25, 0.3) is 0 Å². The summed E-state index contributed by atoms with van der Waals surface area (Å²) >= 11 is 0. The Hall–Kier alpha value is -2.62. The second-order valence-corrected chi connectivity index (χ2v) is 8.19. The number of carbonyl (C=O) groups is 1. The van der Waals surface area contributed by atoms with Crippen molar-refractivity contribution in [2.75, 3.05) is 0 Å². The minimum absolute atomic E-state index is 0.183. The maximum absolute atomic E-state index is 10.5. The predicted molar refractivity (Wildman–Crippen MR) is 104 cm³/mol. The highest BCUT2D eigenvalue weighted by Gasteiger charge is 2.36. The number of rotatable bonds is 3. The van der Waals surface area contributed by atoms with Crippen LogP contribution in [0.1, 0.15) is 62.9 Å². The molecule has 3 rings (SSSR count). The molecule has 26 heavy (non-hydrogen) atoms. The molecule has 0 fully saturated rings. The van der Waals surface area contributed by atoms with Gasteiger partial charge in [-0.05, 0) is 58.6 Å². The van der Waals surface area contributed by atoms with Gasteiger partial charge < -0.3 is 9.84 Å². The molecule has 1 heterocycles. The van der Waals surface area contributed by atoms with Gasteiger partial charge in [0.2, 0.25) is 0 Å². The van der Waals surface area contributed by atoms with Gasteiger partial charge >= 0.3 is 6.16 Å². The number of fused-ring (bicyclic) bond motifs is 1. The summed E-state index contributed by atoms with van der Waals surface area (Å²) in [5, 5.41) is 8.60. The number of hydrogen-bond donors (Lipinski definition) is 1. The molecule has 1 N–H and O–H groups in total. The number of pyridine rings is 1. The van der Waals surface area contributed by atoms with Gasteiger partial charge in [-0.25, -0.2) is 4.79 Å².